The van der Waals surface area contributed by atoms with Gasteiger partial charge in [-0.3, -0.25) is 9.48 Å². The summed E-state index contributed by atoms with van der Waals surface area (Å²) in [4.78, 5) is 15.2. The Hall–Kier alpha value is -3.73. The zero-order valence-corrected chi connectivity index (χ0v) is 23.4. The molecule has 1 amide bonds. The summed E-state index contributed by atoms with van der Waals surface area (Å²) >= 11 is 3.55. The van der Waals surface area contributed by atoms with E-state index in [0.717, 1.165) is 10.5 Å². The van der Waals surface area contributed by atoms with E-state index in [2.05, 4.69) is 26.1 Å². The molecule has 0 radical (unpaired) electrons. The molecule has 0 saturated heterocycles. The number of amides is 1. The molecule has 0 atom stereocenters. The number of aryl methyl sites for hydroxylation is 1. The summed E-state index contributed by atoms with van der Waals surface area (Å²) in [6.45, 7) is 5.76. The predicted octanol–water partition coefficient (Wildman–Crippen LogP) is 5.75. The molecule has 38 heavy (non-hydrogen) atoms. The van der Waals surface area contributed by atoms with E-state index in [1.54, 1.807) is 36.9 Å². The van der Waals surface area contributed by atoms with E-state index < -0.39 is 17.2 Å². The predicted molar refractivity (Wildman–Crippen MR) is 142 cm³/mol. The Morgan fingerprint density at radius 2 is 1.79 bits per heavy atom. The van der Waals surface area contributed by atoms with E-state index in [9.17, 15) is 13.6 Å². The van der Waals surface area contributed by atoms with Crippen LogP contribution in [0.1, 0.15) is 36.8 Å². The Morgan fingerprint density at radius 1 is 1.11 bits per heavy atom. The molecule has 8 nitrogen and oxygen atoms in total. The number of aromatic nitrogens is 4. The highest BCUT2D eigenvalue weighted by Crippen LogP contribution is 2.47. The number of nitrogens with zero attached hydrogens (tertiary/aromatic N) is 5. The lowest BCUT2D eigenvalue weighted by Crippen LogP contribution is -2.43. The van der Waals surface area contributed by atoms with Crippen LogP contribution in [0.25, 0.3) is 28.2 Å². The molecule has 0 unspecified atom stereocenters. The second-order valence-electron chi connectivity index (χ2n) is 10.1. The number of hydrogen-bond donors (Lipinski definition) is 0. The van der Waals surface area contributed by atoms with E-state index >= 15 is 0 Å². The average Bonchev–Trinajstić information content (AvgIpc) is 3.40. The number of carbonyl (C=O) groups excluding carboxylic acids is 1. The maximum absolute atomic E-state index is 14.3. The van der Waals surface area contributed by atoms with Gasteiger partial charge in [-0.2, -0.15) is 10.2 Å². The third-order valence-electron chi connectivity index (χ3n) is 6.56. The SMILES string of the molecule is COc1cc2c(cc1-c1nn(C)cc1Br)-c1c(c(C(=O)N(C)C(C)(C)C)nn1-c1cc(F)cc(F)c1)CO2. The quantitative estimate of drug-likeness (QED) is 0.305. The van der Waals surface area contributed by atoms with Gasteiger partial charge in [-0.15, -0.1) is 0 Å². The van der Waals surface area contributed by atoms with Gasteiger partial charge in [0.1, 0.15) is 35.4 Å². The first-order valence-electron chi connectivity index (χ1n) is 11.8. The van der Waals surface area contributed by atoms with Crippen molar-refractivity contribution in [2.24, 2.45) is 7.05 Å². The van der Waals surface area contributed by atoms with Gasteiger partial charge in [-0.05, 0) is 54.9 Å². The fourth-order valence-corrected chi connectivity index (χ4v) is 4.95. The Bertz CT molecular complexity index is 1570. The lowest BCUT2D eigenvalue weighted by Gasteiger charge is -2.31. The molecule has 4 aromatic rings. The van der Waals surface area contributed by atoms with Crippen LogP contribution >= 0.6 is 15.9 Å². The number of carbonyl (C=O) groups is 1. The summed E-state index contributed by atoms with van der Waals surface area (Å²) in [7, 11) is 5.04. The van der Waals surface area contributed by atoms with E-state index in [0.29, 0.717) is 39.6 Å². The highest BCUT2D eigenvalue weighted by atomic mass is 79.9. The second-order valence-corrected chi connectivity index (χ2v) is 10.9. The maximum Gasteiger partial charge on any atom is 0.274 e. The monoisotopic (exact) mass is 585 g/mol. The molecule has 2 aromatic heterocycles. The van der Waals surface area contributed by atoms with Gasteiger partial charge >= 0.3 is 0 Å². The average molecular weight is 586 g/mol. The summed E-state index contributed by atoms with van der Waals surface area (Å²) < 4.78 is 44.2. The van der Waals surface area contributed by atoms with Crippen molar-refractivity contribution in [3.8, 4) is 39.7 Å². The van der Waals surface area contributed by atoms with Gasteiger partial charge in [-0.25, -0.2) is 13.5 Å². The van der Waals surface area contributed by atoms with Crippen molar-refractivity contribution in [3.63, 3.8) is 0 Å². The van der Waals surface area contributed by atoms with Crippen molar-refractivity contribution in [2.45, 2.75) is 32.9 Å². The third kappa shape index (κ3) is 4.34. The van der Waals surface area contributed by atoms with E-state index in [1.807, 2.05) is 33.0 Å². The molecule has 198 valence electrons. The first-order chi connectivity index (χ1) is 17.9. The van der Waals surface area contributed by atoms with E-state index in [-0.39, 0.29) is 23.9 Å². The largest absolute Gasteiger partial charge is 0.496 e. The van der Waals surface area contributed by atoms with E-state index in [4.69, 9.17) is 9.47 Å². The van der Waals surface area contributed by atoms with Gasteiger partial charge in [0.05, 0.1) is 23.0 Å². The first kappa shape index (κ1) is 25.9. The maximum atomic E-state index is 14.3. The van der Waals surface area contributed by atoms with Gasteiger partial charge < -0.3 is 14.4 Å². The minimum absolute atomic E-state index is 0.0367. The molecule has 0 fully saturated rings. The van der Waals surface area contributed by atoms with Crippen LogP contribution in [-0.4, -0.2) is 50.1 Å². The summed E-state index contributed by atoms with van der Waals surface area (Å²) in [5, 5.41) is 9.14. The fraction of sp³-hybridized carbons (Fsp3) is 0.296. The summed E-state index contributed by atoms with van der Waals surface area (Å²) in [5.74, 6) is -0.852. The van der Waals surface area contributed by atoms with Gasteiger partial charge in [0.2, 0.25) is 0 Å². The number of fused-ring (bicyclic) bond motifs is 3. The number of hydrogen-bond acceptors (Lipinski definition) is 5. The van der Waals surface area contributed by atoms with E-state index in [1.165, 1.54) is 16.8 Å². The zero-order chi connectivity index (χ0) is 27.5. The Labute approximate surface area is 226 Å². The summed E-state index contributed by atoms with van der Waals surface area (Å²) in [6, 6.07) is 6.70. The van der Waals surface area contributed by atoms with Crippen molar-refractivity contribution >= 4 is 21.8 Å². The molecule has 0 saturated carbocycles. The molecular formula is C27H26BrF2N5O3. The smallest absolute Gasteiger partial charge is 0.274 e. The molecule has 1 aliphatic heterocycles. The highest BCUT2D eigenvalue weighted by Gasteiger charge is 2.35. The Morgan fingerprint density at radius 3 is 2.37 bits per heavy atom. The molecule has 3 heterocycles. The summed E-state index contributed by atoms with van der Waals surface area (Å²) in [6.07, 6.45) is 1.81. The third-order valence-corrected chi connectivity index (χ3v) is 7.14. The molecule has 0 N–H and O–H groups in total. The van der Waals surface area contributed by atoms with Crippen molar-refractivity contribution in [3.05, 3.63) is 63.9 Å². The molecule has 0 bridgehead atoms. The molecular weight excluding hydrogens is 560 g/mol. The van der Waals surface area contributed by atoms with Crippen molar-refractivity contribution < 1.29 is 23.0 Å². The number of methoxy groups -OCH3 is 1. The van der Waals surface area contributed by atoms with Crippen LogP contribution in [0.15, 0.2) is 41.0 Å². The standard InChI is InChI=1S/C27H26BrF2N5O3/c1-27(2,3)34(5)26(36)24-19-13-38-22-11-21(37-6)17(23-20(28)12-33(4)31-23)10-18(22)25(19)35(32-24)16-8-14(29)7-15(30)9-16/h7-12H,13H2,1-6H3. The molecule has 0 spiro atoms. The zero-order valence-electron chi connectivity index (χ0n) is 21.8. The van der Waals surface area contributed by atoms with Gasteiger partial charge in [0, 0.05) is 54.7 Å². The number of ether oxygens (including phenoxy) is 2. The summed E-state index contributed by atoms with van der Waals surface area (Å²) in [5.41, 5.74) is 2.67. The number of benzene rings is 2. The number of rotatable bonds is 4. The Kier molecular flexibility index (Phi) is 6.29. The van der Waals surface area contributed by atoms with Crippen molar-refractivity contribution in [1.82, 2.24) is 24.5 Å². The molecule has 5 rings (SSSR count). The van der Waals surface area contributed by atoms with Gasteiger partial charge in [0.25, 0.3) is 5.91 Å². The molecule has 2 aromatic carbocycles. The van der Waals surface area contributed by atoms with Crippen LogP contribution in [0.2, 0.25) is 0 Å². The van der Waals surface area contributed by atoms with Crippen LogP contribution < -0.4 is 9.47 Å². The second kappa shape index (κ2) is 9.23. The lowest BCUT2D eigenvalue weighted by atomic mass is 9.97. The minimum Gasteiger partial charge on any atom is -0.496 e. The van der Waals surface area contributed by atoms with Crippen LogP contribution in [0.5, 0.6) is 11.5 Å². The van der Waals surface area contributed by atoms with Crippen LogP contribution in [-0.2, 0) is 13.7 Å². The van der Waals surface area contributed by atoms with Crippen molar-refractivity contribution in [2.75, 3.05) is 14.2 Å². The fourth-order valence-electron chi connectivity index (χ4n) is 4.36. The normalized spacial score (nSPS) is 12.6. The lowest BCUT2D eigenvalue weighted by molar-refractivity contribution is 0.0646. The van der Waals surface area contributed by atoms with Crippen LogP contribution in [0.4, 0.5) is 8.78 Å². The molecule has 0 aliphatic carbocycles. The highest BCUT2D eigenvalue weighted by molar-refractivity contribution is 9.10. The minimum atomic E-state index is -0.760. The number of halogens is 3. The molecule has 11 heteroatoms. The van der Waals surface area contributed by atoms with Crippen LogP contribution in [0, 0.1) is 11.6 Å². The van der Waals surface area contributed by atoms with Crippen LogP contribution in [0.3, 0.4) is 0 Å². The van der Waals surface area contributed by atoms with Gasteiger partial charge in [-0.1, -0.05) is 0 Å². The first-order valence-corrected chi connectivity index (χ1v) is 12.6. The molecule has 1 aliphatic rings. The Balaban J connectivity index is 1.80. The van der Waals surface area contributed by atoms with Gasteiger partial charge in [0.15, 0.2) is 5.69 Å². The van der Waals surface area contributed by atoms with Crippen molar-refractivity contribution in [1.29, 1.82) is 0 Å². The topological polar surface area (TPSA) is 74.4 Å².